The Morgan fingerprint density at radius 1 is 0.667 bits per heavy atom. The third kappa shape index (κ3) is 3.22. The summed E-state index contributed by atoms with van der Waals surface area (Å²) < 4.78 is 3.06. The van der Waals surface area contributed by atoms with Gasteiger partial charge in [0.25, 0.3) is 0 Å². The van der Waals surface area contributed by atoms with Crippen LogP contribution < -0.4 is 0 Å². The number of hydrogen-bond acceptors (Lipinski definition) is 4. The van der Waals surface area contributed by atoms with Crippen LogP contribution in [-0.4, -0.2) is 26.9 Å². The molecular formula is C20H12BN6. The predicted octanol–water partition coefficient (Wildman–Crippen LogP) is 3.09. The Morgan fingerprint density at radius 2 is 1.07 bits per heavy atom. The summed E-state index contributed by atoms with van der Waals surface area (Å²) in [6, 6.07) is 23.4. The topological polar surface area (TPSA) is 83.2 Å². The smallest absolute Gasteiger partial charge is 0.291 e. The van der Waals surface area contributed by atoms with Crippen molar-refractivity contribution in [3.8, 4) is 34.7 Å². The first kappa shape index (κ1) is 16.4. The summed E-state index contributed by atoms with van der Waals surface area (Å²) >= 11 is 0. The van der Waals surface area contributed by atoms with Gasteiger partial charge in [0, 0.05) is 23.5 Å². The van der Waals surface area contributed by atoms with Crippen LogP contribution in [-0.2, 0) is 0 Å². The van der Waals surface area contributed by atoms with Crippen molar-refractivity contribution in [3.63, 3.8) is 0 Å². The maximum atomic E-state index is 9.41. The Morgan fingerprint density at radius 3 is 1.44 bits per heavy atom. The van der Waals surface area contributed by atoms with Gasteiger partial charge in [0.15, 0.2) is 0 Å². The van der Waals surface area contributed by atoms with Gasteiger partial charge >= 0.3 is 7.55 Å². The summed E-state index contributed by atoms with van der Waals surface area (Å²) in [5.74, 6) is 0. The zero-order valence-electron chi connectivity index (χ0n) is 14.2. The zero-order chi connectivity index (χ0) is 18.6. The van der Waals surface area contributed by atoms with Crippen molar-refractivity contribution in [2.45, 2.75) is 0 Å². The Hall–Kier alpha value is -4.10. The van der Waals surface area contributed by atoms with Gasteiger partial charge in [-0.3, -0.25) is 9.19 Å². The molecule has 0 spiro atoms. The van der Waals surface area contributed by atoms with E-state index < -0.39 is 0 Å². The molecule has 0 aliphatic heterocycles. The molecule has 1 radical (unpaired) electrons. The Kier molecular flexibility index (Phi) is 4.26. The van der Waals surface area contributed by atoms with E-state index in [0.29, 0.717) is 22.5 Å². The highest BCUT2D eigenvalue weighted by Crippen LogP contribution is 2.22. The SMILES string of the molecule is N#Cc1cn([B]n2cc(C#N)c(-c3ccccc3)n2)nc1-c1ccccc1. The van der Waals surface area contributed by atoms with Crippen LogP contribution in [0.25, 0.3) is 22.5 Å². The lowest BCUT2D eigenvalue weighted by atomic mass is 10.1. The molecule has 27 heavy (non-hydrogen) atoms. The molecule has 6 nitrogen and oxygen atoms in total. The van der Waals surface area contributed by atoms with E-state index in [-0.39, 0.29) is 0 Å². The van der Waals surface area contributed by atoms with E-state index in [4.69, 9.17) is 0 Å². The molecule has 2 aromatic heterocycles. The number of benzene rings is 2. The minimum Gasteiger partial charge on any atom is -0.291 e. The number of nitrogens with zero attached hydrogens (tertiary/aromatic N) is 6. The molecular weight excluding hydrogens is 335 g/mol. The first-order chi connectivity index (χ1) is 13.3. The summed E-state index contributed by atoms with van der Waals surface area (Å²) in [5.41, 5.74) is 3.87. The zero-order valence-corrected chi connectivity index (χ0v) is 14.2. The molecule has 7 heteroatoms. The molecule has 4 rings (SSSR count). The summed E-state index contributed by atoms with van der Waals surface area (Å²) in [6.07, 6.45) is 3.27. The molecule has 0 aliphatic carbocycles. The fourth-order valence-electron chi connectivity index (χ4n) is 2.80. The molecule has 2 aromatic carbocycles. The molecule has 2 heterocycles. The second kappa shape index (κ2) is 7.03. The lowest BCUT2D eigenvalue weighted by molar-refractivity contribution is 0.888. The van der Waals surface area contributed by atoms with Gasteiger partial charge in [0.1, 0.15) is 23.5 Å². The number of nitriles is 2. The van der Waals surface area contributed by atoms with Gasteiger partial charge in [0.2, 0.25) is 0 Å². The lowest BCUT2D eigenvalue weighted by Crippen LogP contribution is -2.18. The van der Waals surface area contributed by atoms with Crippen molar-refractivity contribution in [2.75, 3.05) is 0 Å². The third-order valence-electron chi connectivity index (χ3n) is 4.04. The van der Waals surface area contributed by atoms with E-state index in [9.17, 15) is 10.5 Å². The van der Waals surface area contributed by atoms with Crippen molar-refractivity contribution >= 4 is 7.55 Å². The van der Waals surface area contributed by atoms with Crippen LogP contribution in [0.2, 0.25) is 0 Å². The van der Waals surface area contributed by atoms with Crippen molar-refractivity contribution in [3.05, 3.63) is 84.2 Å². The monoisotopic (exact) mass is 347 g/mol. The summed E-state index contributed by atoms with van der Waals surface area (Å²) in [6.45, 7) is 0. The van der Waals surface area contributed by atoms with Gasteiger partial charge in [-0.1, -0.05) is 60.7 Å². The summed E-state index contributed by atoms with van der Waals surface area (Å²) in [4.78, 5) is 0. The molecule has 0 N–H and O–H groups in total. The van der Waals surface area contributed by atoms with Crippen molar-refractivity contribution in [2.24, 2.45) is 0 Å². The lowest BCUT2D eigenvalue weighted by Gasteiger charge is -1.99. The van der Waals surface area contributed by atoms with Gasteiger partial charge in [0.05, 0.1) is 11.1 Å². The van der Waals surface area contributed by atoms with Crippen molar-refractivity contribution in [1.29, 1.82) is 10.5 Å². The van der Waals surface area contributed by atoms with Crippen LogP contribution >= 0.6 is 0 Å². The number of hydrogen-bond donors (Lipinski definition) is 0. The van der Waals surface area contributed by atoms with Crippen molar-refractivity contribution < 1.29 is 0 Å². The van der Waals surface area contributed by atoms with Gasteiger partial charge in [-0.15, -0.1) is 0 Å². The Labute approximate surface area is 156 Å². The minimum absolute atomic E-state index is 0.466. The highest BCUT2D eigenvalue weighted by atomic mass is 15.3. The third-order valence-corrected chi connectivity index (χ3v) is 4.04. The normalized spacial score (nSPS) is 10.1. The van der Waals surface area contributed by atoms with Gasteiger partial charge < -0.3 is 0 Å². The second-order valence-electron chi connectivity index (χ2n) is 5.81. The quantitative estimate of drug-likeness (QED) is 0.531. The van der Waals surface area contributed by atoms with Crippen LogP contribution in [0.15, 0.2) is 73.1 Å². The van der Waals surface area contributed by atoms with Gasteiger partial charge in [-0.25, -0.2) is 0 Å². The number of aromatic nitrogens is 4. The molecule has 0 bridgehead atoms. The van der Waals surface area contributed by atoms with E-state index in [2.05, 4.69) is 22.3 Å². The van der Waals surface area contributed by atoms with Crippen LogP contribution in [0, 0.1) is 22.7 Å². The molecule has 125 valence electrons. The fourth-order valence-corrected chi connectivity index (χ4v) is 2.80. The molecule has 0 saturated heterocycles. The maximum Gasteiger partial charge on any atom is 0.437 e. The molecule has 0 saturated carbocycles. The van der Waals surface area contributed by atoms with Gasteiger partial charge in [-0.2, -0.15) is 20.7 Å². The molecule has 0 atom stereocenters. The summed E-state index contributed by atoms with van der Waals surface area (Å²) in [7, 11) is 1.63. The first-order valence-corrected chi connectivity index (χ1v) is 8.23. The van der Waals surface area contributed by atoms with Crippen LogP contribution in [0.4, 0.5) is 0 Å². The van der Waals surface area contributed by atoms with E-state index >= 15 is 0 Å². The molecule has 4 aromatic rings. The Balaban J connectivity index is 1.68. The highest BCUT2D eigenvalue weighted by molar-refractivity contribution is 6.30. The predicted molar refractivity (Wildman–Crippen MR) is 101 cm³/mol. The van der Waals surface area contributed by atoms with Crippen molar-refractivity contribution in [1.82, 2.24) is 19.4 Å². The first-order valence-electron chi connectivity index (χ1n) is 8.23. The van der Waals surface area contributed by atoms with Crippen LogP contribution in [0.5, 0.6) is 0 Å². The van der Waals surface area contributed by atoms with Crippen LogP contribution in [0.3, 0.4) is 0 Å². The summed E-state index contributed by atoms with van der Waals surface area (Å²) in [5, 5.41) is 27.8. The molecule has 0 unspecified atom stereocenters. The molecule has 0 amide bonds. The minimum atomic E-state index is 0.466. The van der Waals surface area contributed by atoms with Gasteiger partial charge in [-0.05, 0) is 0 Å². The average Bonchev–Trinajstić information content (AvgIpc) is 3.33. The molecule has 0 aliphatic rings. The fraction of sp³-hybridized carbons (Fsp3) is 0. The number of rotatable bonds is 4. The van der Waals surface area contributed by atoms with Crippen LogP contribution in [0.1, 0.15) is 11.1 Å². The Bertz CT molecular complexity index is 1070. The molecule has 0 fully saturated rings. The highest BCUT2D eigenvalue weighted by Gasteiger charge is 2.15. The standard InChI is InChI=1S/C20H12BN6/c22-11-17-13-26(24-19(17)15-7-3-1-4-8-15)21-27-14-18(12-23)20(25-27)16-9-5-2-6-10-16/h1-10,13-14H. The largest absolute Gasteiger partial charge is 0.437 e. The van der Waals surface area contributed by atoms with E-state index in [1.165, 1.54) is 9.19 Å². The maximum absolute atomic E-state index is 9.41. The van der Waals surface area contributed by atoms with E-state index in [1.807, 2.05) is 60.7 Å². The van der Waals surface area contributed by atoms with E-state index in [1.54, 1.807) is 19.9 Å². The van der Waals surface area contributed by atoms with E-state index in [0.717, 1.165) is 11.1 Å². The average molecular weight is 347 g/mol. The second-order valence-corrected chi connectivity index (χ2v) is 5.81.